The van der Waals surface area contributed by atoms with Crippen LogP contribution in [0.1, 0.15) is 29.9 Å². The number of rotatable bonds is 6. The minimum Gasteiger partial charge on any atom is -0.367 e. The monoisotopic (exact) mass is 479 g/mol. The Hall–Kier alpha value is -3.72. The number of ketones is 1. The first kappa shape index (κ1) is 24.4. The predicted octanol–water partition coefficient (Wildman–Crippen LogP) is 2.98. The second kappa shape index (κ2) is 9.87. The van der Waals surface area contributed by atoms with E-state index in [1.807, 2.05) is 40.1 Å². The average molecular weight is 480 g/mol. The molecule has 1 amide bonds. The molecule has 0 bridgehead atoms. The third-order valence-electron chi connectivity index (χ3n) is 6.74. The maximum absolute atomic E-state index is 14.5. The molecule has 2 aromatic carbocycles. The summed E-state index contributed by atoms with van der Waals surface area (Å²) >= 11 is 0. The molecule has 1 aliphatic heterocycles. The molecule has 0 radical (unpaired) electrons. The summed E-state index contributed by atoms with van der Waals surface area (Å²) in [5, 5.41) is 2.84. The van der Waals surface area contributed by atoms with E-state index in [1.54, 1.807) is 37.7 Å². The molecule has 1 atom stereocenters. The predicted molar refractivity (Wildman–Crippen MR) is 134 cm³/mol. The second-order valence-corrected chi connectivity index (χ2v) is 8.85. The zero-order chi connectivity index (χ0) is 25.3. The number of benzene rings is 2. The van der Waals surface area contributed by atoms with Crippen LogP contribution in [0, 0.1) is 12.7 Å². The van der Waals surface area contributed by atoms with Crippen LogP contribution < -0.4 is 15.8 Å². The highest BCUT2D eigenvalue weighted by Crippen LogP contribution is 2.23. The van der Waals surface area contributed by atoms with Gasteiger partial charge in [-0.05, 0) is 51.1 Å². The zero-order valence-corrected chi connectivity index (χ0v) is 20.4. The molecule has 1 N–H and O–H groups in total. The van der Waals surface area contributed by atoms with Gasteiger partial charge in [0.25, 0.3) is 5.56 Å². The molecule has 8 nitrogen and oxygen atoms in total. The maximum Gasteiger partial charge on any atom is 0.295 e. The van der Waals surface area contributed by atoms with E-state index in [0.29, 0.717) is 43.1 Å². The number of nitrogens with one attached hydrogen (secondary N) is 1. The van der Waals surface area contributed by atoms with Gasteiger partial charge in [0.15, 0.2) is 5.78 Å². The summed E-state index contributed by atoms with van der Waals surface area (Å²) in [7, 11) is 1.78. The Morgan fingerprint density at radius 1 is 1.03 bits per heavy atom. The minimum absolute atomic E-state index is 0.177. The molecule has 2 heterocycles. The van der Waals surface area contributed by atoms with Crippen LogP contribution in [0.4, 0.5) is 15.8 Å². The van der Waals surface area contributed by atoms with E-state index >= 15 is 0 Å². The van der Waals surface area contributed by atoms with E-state index < -0.39 is 11.9 Å². The summed E-state index contributed by atoms with van der Waals surface area (Å²) in [6.07, 6.45) is 0. The normalized spacial score (nSPS) is 15.2. The lowest BCUT2D eigenvalue weighted by Gasteiger charge is -2.38. The van der Waals surface area contributed by atoms with Crippen molar-refractivity contribution >= 4 is 23.1 Å². The number of aromatic nitrogens is 2. The van der Waals surface area contributed by atoms with Crippen LogP contribution >= 0.6 is 0 Å². The van der Waals surface area contributed by atoms with Crippen LogP contribution in [0.25, 0.3) is 5.69 Å². The Morgan fingerprint density at radius 3 is 2.29 bits per heavy atom. The lowest BCUT2D eigenvalue weighted by Crippen LogP contribution is -2.53. The number of Topliss-reactive ketones (excluding diaryl/α,β-unsaturated/α-hetero) is 1. The zero-order valence-electron chi connectivity index (χ0n) is 20.4. The van der Waals surface area contributed by atoms with Gasteiger partial charge in [-0.3, -0.25) is 24.0 Å². The molecule has 184 valence electrons. The number of piperazine rings is 1. The fraction of sp³-hybridized carbons (Fsp3) is 0.346. The van der Waals surface area contributed by atoms with Crippen LogP contribution in [-0.4, -0.2) is 58.2 Å². The largest absolute Gasteiger partial charge is 0.367 e. The molecule has 9 heteroatoms. The maximum atomic E-state index is 14.5. The molecule has 0 saturated carbocycles. The van der Waals surface area contributed by atoms with Crippen molar-refractivity contribution < 1.29 is 14.0 Å². The first-order chi connectivity index (χ1) is 16.7. The van der Waals surface area contributed by atoms with E-state index in [0.717, 1.165) is 5.69 Å². The smallest absolute Gasteiger partial charge is 0.295 e. The summed E-state index contributed by atoms with van der Waals surface area (Å²) in [6, 6.07) is 13.3. The number of anilines is 2. The Kier molecular flexibility index (Phi) is 6.88. The molecule has 0 aliphatic carbocycles. The lowest BCUT2D eigenvalue weighted by molar-refractivity contribution is -0.120. The quantitative estimate of drug-likeness (QED) is 0.550. The molecule has 0 spiro atoms. The fourth-order valence-corrected chi connectivity index (χ4v) is 4.44. The number of para-hydroxylation sites is 1. The SMILES string of the molecule is CC(=O)c1ccc(N2CCN([C@H](C)C(=O)Nc3c(C)n(C)n(-c4ccccc4)c3=O)CC2)c(F)c1. The summed E-state index contributed by atoms with van der Waals surface area (Å²) < 4.78 is 17.8. The van der Waals surface area contributed by atoms with Crippen LogP contribution in [-0.2, 0) is 11.8 Å². The standard InChI is InChI=1S/C26H30FN5O3/c1-17-24(26(35)32(29(17)4)21-8-6-5-7-9-21)28-25(34)18(2)30-12-14-31(15-13-30)23-11-10-20(19(3)33)16-22(23)27/h5-11,16,18H,12-15H2,1-4H3,(H,28,34)/t18-/m1/s1. The molecule has 1 fully saturated rings. The third-order valence-corrected chi connectivity index (χ3v) is 6.74. The van der Waals surface area contributed by atoms with Gasteiger partial charge in [-0.1, -0.05) is 18.2 Å². The molecule has 35 heavy (non-hydrogen) atoms. The summed E-state index contributed by atoms with van der Waals surface area (Å²) in [5.41, 5.74) is 2.15. The summed E-state index contributed by atoms with van der Waals surface area (Å²) in [4.78, 5) is 41.6. The topological polar surface area (TPSA) is 79.6 Å². The second-order valence-electron chi connectivity index (χ2n) is 8.85. The first-order valence-electron chi connectivity index (χ1n) is 11.6. The highest BCUT2D eigenvalue weighted by Gasteiger charge is 2.28. The fourth-order valence-electron chi connectivity index (χ4n) is 4.44. The Balaban J connectivity index is 1.43. The van der Waals surface area contributed by atoms with Gasteiger partial charge < -0.3 is 10.2 Å². The Labute approximate surface area is 203 Å². The van der Waals surface area contributed by atoms with Crippen LogP contribution in [0.5, 0.6) is 0 Å². The van der Waals surface area contributed by atoms with E-state index in [4.69, 9.17) is 0 Å². The van der Waals surface area contributed by atoms with Crippen molar-refractivity contribution in [1.82, 2.24) is 14.3 Å². The molecule has 0 unspecified atom stereocenters. The van der Waals surface area contributed by atoms with Gasteiger partial charge in [-0.15, -0.1) is 0 Å². The number of hydrogen-bond donors (Lipinski definition) is 1. The number of carbonyl (C=O) groups excluding carboxylic acids is 2. The van der Waals surface area contributed by atoms with Gasteiger partial charge in [0.2, 0.25) is 5.91 Å². The van der Waals surface area contributed by atoms with Gasteiger partial charge in [0.1, 0.15) is 11.5 Å². The lowest BCUT2D eigenvalue weighted by atomic mass is 10.1. The van der Waals surface area contributed by atoms with Gasteiger partial charge >= 0.3 is 0 Å². The van der Waals surface area contributed by atoms with Crippen molar-refractivity contribution in [2.45, 2.75) is 26.8 Å². The van der Waals surface area contributed by atoms with Crippen molar-refractivity contribution in [1.29, 1.82) is 0 Å². The van der Waals surface area contributed by atoms with E-state index in [9.17, 15) is 18.8 Å². The summed E-state index contributed by atoms with van der Waals surface area (Å²) in [5.74, 6) is -0.864. The van der Waals surface area contributed by atoms with Crippen LogP contribution in [0.3, 0.4) is 0 Å². The van der Waals surface area contributed by atoms with E-state index in [1.165, 1.54) is 17.7 Å². The molecule has 1 aliphatic rings. The van der Waals surface area contributed by atoms with Crippen molar-refractivity contribution in [3.8, 4) is 5.69 Å². The Bertz CT molecular complexity index is 1310. The molecule has 1 aromatic heterocycles. The molecular weight excluding hydrogens is 449 g/mol. The minimum atomic E-state index is -0.466. The van der Waals surface area contributed by atoms with Crippen molar-refractivity contribution in [3.05, 3.63) is 76.0 Å². The van der Waals surface area contributed by atoms with Gasteiger partial charge in [0.05, 0.1) is 23.1 Å². The summed E-state index contributed by atoms with van der Waals surface area (Å²) in [6.45, 7) is 7.22. The van der Waals surface area contributed by atoms with E-state index in [2.05, 4.69) is 5.32 Å². The van der Waals surface area contributed by atoms with Crippen LogP contribution in [0.15, 0.2) is 53.3 Å². The molecule has 3 aromatic rings. The highest BCUT2D eigenvalue weighted by atomic mass is 19.1. The molecule has 1 saturated heterocycles. The number of carbonyl (C=O) groups is 2. The number of amides is 1. The highest BCUT2D eigenvalue weighted by molar-refractivity contribution is 5.95. The van der Waals surface area contributed by atoms with Crippen LogP contribution in [0.2, 0.25) is 0 Å². The van der Waals surface area contributed by atoms with Crippen molar-refractivity contribution in [2.24, 2.45) is 7.05 Å². The molecular formula is C26H30FN5O3. The van der Waals surface area contributed by atoms with Gasteiger partial charge in [0, 0.05) is 38.8 Å². The first-order valence-corrected chi connectivity index (χ1v) is 11.6. The van der Waals surface area contributed by atoms with Gasteiger partial charge in [-0.25, -0.2) is 9.07 Å². The molecule has 4 rings (SSSR count). The Morgan fingerprint density at radius 2 is 1.69 bits per heavy atom. The van der Waals surface area contributed by atoms with Crippen molar-refractivity contribution in [3.63, 3.8) is 0 Å². The third kappa shape index (κ3) is 4.77. The average Bonchev–Trinajstić information content (AvgIpc) is 3.07. The number of nitrogens with zero attached hydrogens (tertiary/aromatic N) is 4. The van der Waals surface area contributed by atoms with Crippen molar-refractivity contribution in [2.75, 3.05) is 36.4 Å². The number of halogens is 1. The van der Waals surface area contributed by atoms with Gasteiger partial charge in [-0.2, -0.15) is 0 Å². The number of hydrogen-bond acceptors (Lipinski definition) is 5. The van der Waals surface area contributed by atoms with E-state index in [-0.39, 0.29) is 22.9 Å².